The highest BCUT2D eigenvalue weighted by atomic mass is 16.5. The van der Waals surface area contributed by atoms with Crippen molar-refractivity contribution in [1.82, 2.24) is 4.98 Å². The highest BCUT2D eigenvalue weighted by molar-refractivity contribution is 5.90. The molecular formula is C14H12N2O4. The van der Waals surface area contributed by atoms with Gasteiger partial charge in [0.25, 0.3) is 0 Å². The number of carbonyl (C=O) groups is 2. The van der Waals surface area contributed by atoms with Crippen molar-refractivity contribution in [3.05, 3.63) is 53.7 Å². The van der Waals surface area contributed by atoms with E-state index in [0.717, 1.165) is 5.69 Å². The SMILES string of the molecule is COC(=O)c1ccc(Nc2ccc(C(=O)O)cn2)cc1. The fraction of sp³-hybridized carbons (Fsp3) is 0.0714. The molecule has 0 unspecified atom stereocenters. The maximum Gasteiger partial charge on any atom is 0.337 e. The number of carboxylic acid groups (broad SMARTS) is 1. The maximum absolute atomic E-state index is 11.3. The fourth-order valence-corrected chi connectivity index (χ4v) is 1.55. The molecule has 2 rings (SSSR count). The van der Waals surface area contributed by atoms with E-state index in [1.54, 1.807) is 30.3 Å². The van der Waals surface area contributed by atoms with Crippen molar-refractivity contribution < 1.29 is 19.4 Å². The number of nitrogens with zero attached hydrogens (tertiary/aromatic N) is 1. The van der Waals surface area contributed by atoms with Crippen molar-refractivity contribution in [2.24, 2.45) is 0 Å². The molecule has 0 amide bonds. The van der Waals surface area contributed by atoms with Gasteiger partial charge in [0.15, 0.2) is 0 Å². The van der Waals surface area contributed by atoms with Crippen LogP contribution in [0.25, 0.3) is 0 Å². The summed E-state index contributed by atoms with van der Waals surface area (Å²) < 4.78 is 4.60. The molecule has 102 valence electrons. The highest BCUT2D eigenvalue weighted by Crippen LogP contribution is 2.16. The van der Waals surface area contributed by atoms with Gasteiger partial charge in [-0.15, -0.1) is 0 Å². The summed E-state index contributed by atoms with van der Waals surface area (Å²) in [6.07, 6.45) is 1.27. The highest BCUT2D eigenvalue weighted by Gasteiger charge is 2.05. The minimum atomic E-state index is -1.02. The Morgan fingerprint density at radius 3 is 2.25 bits per heavy atom. The minimum absolute atomic E-state index is 0.122. The quantitative estimate of drug-likeness (QED) is 0.830. The van der Waals surface area contributed by atoms with Gasteiger partial charge in [-0.1, -0.05) is 0 Å². The van der Waals surface area contributed by atoms with Crippen LogP contribution in [0.2, 0.25) is 0 Å². The van der Waals surface area contributed by atoms with E-state index < -0.39 is 11.9 Å². The lowest BCUT2D eigenvalue weighted by Crippen LogP contribution is -2.01. The fourth-order valence-electron chi connectivity index (χ4n) is 1.55. The Bertz CT molecular complexity index is 621. The predicted molar refractivity (Wildman–Crippen MR) is 72.3 cm³/mol. The molecule has 2 aromatic rings. The number of nitrogens with one attached hydrogen (secondary N) is 1. The topological polar surface area (TPSA) is 88.5 Å². The van der Waals surface area contributed by atoms with Gasteiger partial charge in [-0.2, -0.15) is 0 Å². The second-order valence-electron chi connectivity index (χ2n) is 3.93. The first-order chi connectivity index (χ1) is 9.60. The van der Waals surface area contributed by atoms with Gasteiger partial charge in [-0.25, -0.2) is 14.6 Å². The van der Waals surface area contributed by atoms with E-state index in [0.29, 0.717) is 11.4 Å². The molecule has 0 aliphatic heterocycles. The van der Waals surface area contributed by atoms with Crippen LogP contribution < -0.4 is 5.32 Å². The molecule has 0 spiro atoms. The number of carboxylic acids is 1. The Morgan fingerprint density at radius 1 is 1.10 bits per heavy atom. The first-order valence-corrected chi connectivity index (χ1v) is 5.75. The normalized spacial score (nSPS) is 9.85. The van der Waals surface area contributed by atoms with Gasteiger partial charge in [0.05, 0.1) is 18.2 Å². The van der Waals surface area contributed by atoms with Gasteiger partial charge >= 0.3 is 11.9 Å². The third kappa shape index (κ3) is 3.11. The summed E-state index contributed by atoms with van der Waals surface area (Å²) in [5.74, 6) is -0.909. The number of aromatic nitrogens is 1. The molecule has 0 radical (unpaired) electrons. The third-order valence-corrected chi connectivity index (χ3v) is 2.59. The number of esters is 1. The molecule has 0 atom stereocenters. The van der Waals surface area contributed by atoms with Crippen molar-refractivity contribution >= 4 is 23.4 Å². The Balaban J connectivity index is 2.10. The van der Waals surface area contributed by atoms with E-state index in [1.807, 2.05) is 0 Å². The van der Waals surface area contributed by atoms with E-state index in [4.69, 9.17) is 5.11 Å². The molecule has 0 fully saturated rings. The minimum Gasteiger partial charge on any atom is -0.478 e. The molecule has 2 N–H and O–H groups in total. The predicted octanol–water partition coefficient (Wildman–Crippen LogP) is 2.31. The summed E-state index contributed by atoms with van der Waals surface area (Å²) in [4.78, 5) is 26.0. The molecule has 6 heteroatoms. The summed E-state index contributed by atoms with van der Waals surface area (Å²) in [6, 6.07) is 9.69. The molecule has 1 aromatic carbocycles. The smallest absolute Gasteiger partial charge is 0.337 e. The molecule has 6 nitrogen and oxygen atoms in total. The number of carbonyl (C=O) groups excluding carboxylic acids is 1. The second-order valence-corrected chi connectivity index (χ2v) is 3.93. The zero-order chi connectivity index (χ0) is 14.5. The standard InChI is InChI=1S/C14H12N2O4/c1-20-14(19)9-2-5-11(6-3-9)16-12-7-4-10(8-15-12)13(17)18/h2-8H,1H3,(H,15,16)(H,17,18). The number of hydrogen-bond acceptors (Lipinski definition) is 5. The maximum atomic E-state index is 11.3. The number of methoxy groups -OCH3 is 1. The molecule has 20 heavy (non-hydrogen) atoms. The average Bonchev–Trinajstić information content (AvgIpc) is 2.48. The number of ether oxygens (including phenoxy) is 1. The van der Waals surface area contributed by atoms with Gasteiger partial charge in [0.2, 0.25) is 0 Å². The van der Waals surface area contributed by atoms with Gasteiger partial charge < -0.3 is 15.2 Å². The summed E-state index contributed by atoms with van der Waals surface area (Å²) in [5, 5.41) is 11.8. The van der Waals surface area contributed by atoms with Crippen molar-refractivity contribution in [1.29, 1.82) is 0 Å². The molecule has 0 saturated heterocycles. The first-order valence-electron chi connectivity index (χ1n) is 5.75. The van der Waals surface area contributed by atoms with Crippen molar-refractivity contribution in [3.8, 4) is 0 Å². The number of rotatable bonds is 4. The van der Waals surface area contributed by atoms with Gasteiger partial charge in [0.1, 0.15) is 5.82 Å². The third-order valence-electron chi connectivity index (χ3n) is 2.59. The van der Waals surface area contributed by atoms with Crippen LogP contribution >= 0.6 is 0 Å². The van der Waals surface area contributed by atoms with Gasteiger partial charge in [-0.05, 0) is 36.4 Å². The molecule has 0 aliphatic rings. The van der Waals surface area contributed by atoms with Crippen LogP contribution in [0.3, 0.4) is 0 Å². The first kappa shape index (κ1) is 13.5. The average molecular weight is 272 g/mol. The van der Waals surface area contributed by atoms with Gasteiger partial charge in [0, 0.05) is 11.9 Å². The zero-order valence-electron chi connectivity index (χ0n) is 10.7. The van der Waals surface area contributed by atoms with Crippen LogP contribution in [-0.2, 0) is 4.74 Å². The molecule has 1 heterocycles. The van der Waals surface area contributed by atoms with E-state index in [9.17, 15) is 9.59 Å². The van der Waals surface area contributed by atoms with Crippen molar-refractivity contribution in [3.63, 3.8) is 0 Å². The van der Waals surface area contributed by atoms with E-state index in [2.05, 4.69) is 15.0 Å². The molecular weight excluding hydrogens is 260 g/mol. The number of benzene rings is 1. The van der Waals surface area contributed by atoms with Crippen LogP contribution in [0, 0.1) is 0 Å². The number of hydrogen-bond donors (Lipinski definition) is 2. The summed E-state index contributed by atoms with van der Waals surface area (Å²) in [7, 11) is 1.32. The van der Waals surface area contributed by atoms with Crippen LogP contribution in [0.5, 0.6) is 0 Å². The largest absolute Gasteiger partial charge is 0.478 e. The second kappa shape index (κ2) is 5.83. The zero-order valence-corrected chi connectivity index (χ0v) is 10.7. The monoisotopic (exact) mass is 272 g/mol. The van der Waals surface area contributed by atoms with Crippen LogP contribution in [0.4, 0.5) is 11.5 Å². The Labute approximate surface area is 115 Å². The Hall–Kier alpha value is -2.89. The van der Waals surface area contributed by atoms with Crippen LogP contribution in [-0.4, -0.2) is 29.1 Å². The molecule has 0 bridgehead atoms. The van der Waals surface area contributed by atoms with Crippen molar-refractivity contribution in [2.45, 2.75) is 0 Å². The number of pyridine rings is 1. The van der Waals surface area contributed by atoms with Crippen LogP contribution in [0.15, 0.2) is 42.6 Å². The summed E-state index contributed by atoms with van der Waals surface area (Å²) in [6.45, 7) is 0. The lowest BCUT2D eigenvalue weighted by atomic mass is 10.2. The van der Waals surface area contributed by atoms with E-state index in [-0.39, 0.29) is 5.56 Å². The molecule has 0 aliphatic carbocycles. The van der Waals surface area contributed by atoms with Crippen molar-refractivity contribution in [2.75, 3.05) is 12.4 Å². The number of aromatic carboxylic acids is 1. The van der Waals surface area contributed by atoms with Crippen LogP contribution in [0.1, 0.15) is 20.7 Å². The summed E-state index contributed by atoms with van der Waals surface area (Å²) >= 11 is 0. The molecule has 1 aromatic heterocycles. The number of anilines is 2. The summed E-state index contributed by atoms with van der Waals surface area (Å²) in [5.41, 5.74) is 1.30. The Kier molecular flexibility index (Phi) is 3.95. The Morgan fingerprint density at radius 2 is 1.75 bits per heavy atom. The molecule has 0 saturated carbocycles. The van der Waals surface area contributed by atoms with E-state index >= 15 is 0 Å². The lowest BCUT2D eigenvalue weighted by Gasteiger charge is -2.06. The van der Waals surface area contributed by atoms with Gasteiger partial charge in [-0.3, -0.25) is 0 Å². The van der Waals surface area contributed by atoms with E-state index in [1.165, 1.54) is 19.4 Å². The lowest BCUT2D eigenvalue weighted by molar-refractivity contribution is 0.0600.